The van der Waals surface area contributed by atoms with Crippen LogP contribution < -0.4 is 5.32 Å². The smallest absolute Gasteiger partial charge is 0.306 e. The van der Waals surface area contributed by atoms with E-state index in [0.29, 0.717) is 6.42 Å². The molecule has 1 N–H and O–H groups in total. The Morgan fingerprint density at radius 3 is 1.27 bits per heavy atom. The zero-order chi connectivity index (χ0) is 38.0. The molecular formula is C48H98N2O2. The third-order valence-corrected chi connectivity index (χ3v) is 11.6. The van der Waals surface area contributed by atoms with Gasteiger partial charge in [0.25, 0.3) is 0 Å². The van der Waals surface area contributed by atoms with Crippen molar-refractivity contribution in [2.45, 2.75) is 265 Å². The topological polar surface area (TPSA) is 41.6 Å². The summed E-state index contributed by atoms with van der Waals surface area (Å²) in [5.74, 6) is 1.04. The molecule has 0 aliphatic heterocycles. The molecule has 0 aliphatic carbocycles. The number of esters is 1. The molecule has 0 fully saturated rings. The Morgan fingerprint density at radius 1 is 0.442 bits per heavy atom. The van der Waals surface area contributed by atoms with Gasteiger partial charge in [-0.2, -0.15) is 0 Å². The highest BCUT2D eigenvalue weighted by molar-refractivity contribution is 5.69. The number of carbonyl (C=O) groups is 1. The van der Waals surface area contributed by atoms with Crippen molar-refractivity contribution in [2.75, 3.05) is 33.2 Å². The summed E-state index contributed by atoms with van der Waals surface area (Å²) in [6.07, 6.45) is 47.7. The number of ether oxygens (including phenoxy) is 1. The normalized spacial score (nSPS) is 12.4. The van der Waals surface area contributed by atoms with Crippen LogP contribution in [0.1, 0.15) is 259 Å². The van der Waals surface area contributed by atoms with Gasteiger partial charge in [0.15, 0.2) is 0 Å². The molecule has 4 nitrogen and oxygen atoms in total. The molecule has 1 atom stereocenters. The molecule has 0 saturated heterocycles. The fraction of sp³-hybridized carbons (Fsp3) is 0.979. The van der Waals surface area contributed by atoms with Crippen LogP contribution in [-0.2, 0) is 9.53 Å². The van der Waals surface area contributed by atoms with Crippen molar-refractivity contribution in [3.05, 3.63) is 0 Å². The van der Waals surface area contributed by atoms with Gasteiger partial charge in [-0.05, 0) is 84.1 Å². The van der Waals surface area contributed by atoms with Crippen LogP contribution in [0, 0.1) is 5.92 Å². The predicted octanol–water partition coefficient (Wildman–Crippen LogP) is 15.2. The summed E-state index contributed by atoms with van der Waals surface area (Å²) in [4.78, 5) is 15.3. The van der Waals surface area contributed by atoms with Crippen molar-refractivity contribution in [3.8, 4) is 0 Å². The average Bonchev–Trinajstić information content (AvgIpc) is 3.14. The molecule has 0 saturated carbocycles. The van der Waals surface area contributed by atoms with Gasteiger partial charge in [-0.25, -0.2) is 0 Å². The Balaban J connectivity index is 4.21. The van der Waals surface area contributed by atoms with E-state index in [1.165, 1.54) is 212 Å². The SMILES string of the molecule is CCCCCCCCC(CCCCCCCC)CCCCCCCN(CCCCCCCC(=O)OC(CCC)CCCCCCCC)CCCNC. The third kappa shape index (κ3) is 37.7. The molecule has 0 rings (SSSR count). The second kappa shape index (κ2) is 43.1. The van der Waals surface area contributed by atoms with Crippen molar-refractivity contribution in [2.24, 2.45) is 5.92 Å². The van der Waals surface area contributed by atoms with Crippen LogP contribution in [0.2, 0.25) is 0 Å². The first-order chi connectivity index (χ1) is 25.6. The van der Waals surface area contributed by atoms with Gasteiger partial charge in [-0.15, -0.1) is 0 Å². The fourth-order valence-electron chi connectivity index (χ4n) is 8.09. The lowest BCUT2D eigenvalue weighted by atomic mass is 9.89. The van der Waals surface area contributed by atoms with E-state index in [0.717, 1.165) is 44.6 Å². The Hall–Kier alpha value is -0.610. The highest BCUT2D eigenvalue weighted by atomic mass is 16.5. The number of nitrogens with one attached hydrogen (secondary N) is 1. The van der Waals surface area contributed by atoms with E-state index in [-0.39, 0.29) is 12.1 Å². The van der Waals surface area contributed by atoms with Crippen LogP contribution in [-0.4, -0.2) is 50.2 Å². The van der Waals surface area contributed by atoms with Gasteiger partial charge in [-0.3, -0.25) is 4.79 Å². The summed E-state index contributed by atoms with van der Waals surface area (Å²) in [7, 11) is 2.07. The minimum Gasteiger partial charge on any atom is -0.462 e. The lowest BCUT2D eigenvalue weighted by Crippen LogP contribution is -2.29. The van der Waals surface area contributed by atoms with Crippen LogP contribution >= 0.6 is 0 Å². The predicted molar refractivity (Wildman–Crippen MR) is 233 cm³/mol. The number of carbonyl (C=O) groups excluding carboxylic acids is 1. The first-order valence-corrected chi connectivity index (χ1v) is 24.2. The van der Waals surface area contributed by atoms with Gasteiger partial charge in [0, 0.05) is 6.42 Å². The molecule has 312 valence electrons. The zero-order valence-corrected chi connectivity index (χ0v) is 36.7. The van der Waals surface area contributed by atoms with E-state index >= 15 is 0 Å². The molecule has 52 heavy (non-hydrogen) atoms. The van der Waals surface area contributed by atoms with Crippen LogP contribution in [0.3, 0.4) is 0 Å². The number of rotatable bonds is 44. The molecule has 0 amide bonds. The molecule has 0 radical (unpaired) electrons. The van der Waals surface area contributed by atoms with Crippen LogP contribution in [0.5, 0.6) is 0 Å². The molecule has 0 aromatic rings. The molecule has 4 heteroatoms. The molecule has 0 aromatic carbocycles. The summed E-state index contributed by atoms with van der Waals surface area (Å²) in [5, 5.41) is 3.34. The first kappa shape index (κ1) is 51.4. The lowest BCUT2D eigenvalue weighted by Gasteiger charge is -2.22. The van der Waals surface area contributed by atoms with Crippen molar-refractivity contribution < 1.29 is 9.53 Å². The van der Waals surface area contributed by atoms with Crippen molar-refractivity contribution in [1.82, 2.24) is 10.2 Å². The molecule has 0 spiro atoms. The molecule has 0 bridgehead atoms. The first-order valence-electron chi connectivity index (χ1n) is 24.2. The second-order valence-corrected chi connectivity index (χ2v) is 16.8. The number of hydrogen-bond donors (Lipinski definition) is 1. The minimum atomic E-state index is 0.0429. The van der Waals surface area contributed by atoms with Crippen molar-refractivity contribution >= 4 is 5.97 Å². The van der Waals surface area contributed by atoms with E-state index in [1.807, 2.05) is 0 Å². The van der Waals surface area contributed by atoms with E-state index in [9.17, 15) is 4.79 Å². The number of nitrogens with zero attached hydrogens (tertiary/aromatic N) is 1. The van der Waals surface area contributed by atoms with Crippen LogP contribution in [0.15, 0.2) is 0 Å². The highest BCUT2D eigenvalue weighted by Gasteiger charge is 2.14. The highest BCUT2D eigenvalue weighted by Crippen LogP contribution is 2.25. The van der Waals surface area contributed by atoms with Crippen molar-refractivity contribution in [1.29, 1.82) is 0 Å². The van der Waals surface area contributed by atoms with E-state index in [4.69, 9.17) is 4.74 Å². The Kier molecular flexibility index (Phi) is 42.6. The van der Waals surface area contributed by atoms with Gasteiger partial charge in [0.2, 0.25) is 0 Å². The largest absolute Gasteiger partial charge is 0.462 e. The molecular weight excluding hydrogens is 637 g/mol. The summed E-state index contributed by atoms with van der Waals surface area (Å²) in [6, 6.07) is 0. The Labute approximate surface area is 328 Å². The molecule has 0 heterocycles. The lowest BCUT2D eigenvalue weighted by molar-refractivity contribution is -0.150. The van der Waals surface area contributed by atoms with E-state index in [2.05, 4.69) is 45.0 Å². The second-order valence-electron chi connectivity index (χ2n) is 16.8. The minimum absolute atomic E-state index is 0.0429. The average molecular weight is 735 g/mol. The van der Waals surface area contributed by atoms with Gasteiger partial charge in [-0.1, -0.05) is 207 Å². The van der Waals surface area contributed by atoms with Crippen LogP contribution in [0.4, 0.5) is 0 Å². The van der Waals surface area contributed by atoms with Crippen molar-refractivity contribution in [3.63, 3.8) is 0 Å². The quantitative estimate of drug-likeness (QED) is 0.0500. The molecule has 0 aliphatic rings. The summed E-state index contributed by atoms with van der Waals surface area (Å²) in [6.45, 7) is 14.0. The van der Waals surface area contributed by atoms with E-state index in [1.54, 1.807) is 0 Å². The summed E-state index contributed by atoms with van der Waals surface area (Å²) >= 11 is 0. The number of hydrogen-bond acceptors (Lipinski definition) is 4. The van der Waals surface area contributed by atoms with E-state index < -0.39 is 0 Å². The maximum Gasteiger partial charge on any atom is 0.306 e. The van der Waals surface area contributed by atoms with Crippen LogP contribution in [0.25, 0.3) is 0 Å². The third-order valence-electron chi connectivity index (χ3n) is 11.6. The van der Waals surface area contributed by atoms with Gasteiger partial charge in [0.05, 0.1) is 0 Å². The molecule has 1 unspecified atom stereocenters. The monoisotopic (exact) mass is 735 g/mol. The maximum absolute atomic E-state index is 12.5. The summed E-state index contributed by atoms with van der Waals surface area (Å²) < 4.78 is 5.91. The zero-order valence-electron chi connectivity index (χ0n) is 36.7. The maximum atomic E-state index is 12.5. The fourth-order valence-corrected chi connectivity index (χ4v) is 8.09. The van der Waals surface area contributed by atoms with Gasteiger partial charge in [0.1, 0.15) is 6.10 Å². The standard InChI is InChI=1S/C48H98N2O2/c1-6-10-13-16-21-28-37-46(38-29-22-17-14-11-7-2)39-30-23-19-26-33-43-50(45-35-42-49-5)44-34-27-20-25-32-41-48(51)52-47(36-9-4)40-31-24-18-15-12-8-3/h46-47,49H,6-45H2,1-5H3. The Morgan fingerprint density at radius 2 is 0.827 bits per heavy atom. The Bertz CT molecular complexity index is 669. The summed E-state index contributed by atoms with van der Waals surface area (Å²) in [5.41, 5.74) is 0. The number of unbranched alkanes of at least 4 members (excludes halogenated alkanes) is 23. The van der Waals surface area contributed by atoms with Gasteiger partial charge < -0.3 is 15.0 Å². The van der Waals surface area contributed by atoms with Gasteiger partial charge >= 0.3 is 5.97 Å². The molecule has 0 aromatic heterocycles.